The van der Waals surface area contributed by atoms with Gasteiger partial charge < -0.3 is 24.0 Å². The van der Waals surface area contributed by atoms with Crippen LogP contribution in [0.5, 0.6) is 5.75 Å². The van der Waals surface area contributed by atoms with E-state index in [1.165, 1.54) is 36.4 Å². The zero-order chi connectivity index (χ0) is 43.6. The third-order valence-corrected chi connectivity index (χ3v) is 10.6. The maximum absolute atomic E-state index is 14.6. The Morgan fingerprint density at radius 3 is 2.05 bits per heavy atom. The number of aliphatic carboxylic acids is 1. The molecule has 6 rings (SSSR count). The fourth-order valence-corrected chi connectivity index (χ4v) is 7.19. The third kappa shape index (κ3) is 11.5. The number of alkyl halides is 3. The molecular formula is C45H49F5N4O6. The molecule has 2 heterocycles. The monoisotopic (exact) mass is 836 g/mol. The number of fused-ring (bicyclic) bond motifs is 1. The zero-order valence-electron chi connectivity index (χ0n) is 34.0. The number of hydrogen-bond acceptors (Lipinski definition) is 7. The number of benzene rings is 4. The molecule has 4 aromatic carbocycles. The van der Waals surface area contributed by atoms with Crippen molar-refractivity contribution < 1.29 is 46.1 Å². The Balaban J connectivity index is 0.00000129. The van der Waals surface area contributed by atoms with E-state index in [0.717, 1.165) is 30.4 Å². The number of aryl methyl sites for hydroxylation is 2. The van der Waals surface area contributed by atoms with Gasteiger partial charge in [-0.25, -0.2) is 8.78 Å². The lowest BCUT2D eigenvalue weighted by Gasteiger charge is -2.43. The largest absolute Gasteiger partial charge is 0.573 e. The van der Waals surface area contributed by atoms with E-state index < -0.39 is 35.1 Å². The van der Waals surface area contributed by atoms with Crippen LogP contribution in [0, 0.1) is 11.6 Å². The summed E-state index contributed by atoms with van der Waals surface area (Å²) in [6, 6.07) is 23.1. The molecule has 1 amide bonds. The summed E-state index contributed by atoms with van der Waals surface area (Å²) in [5.74, 6) is -3.34. The van der Waals surface area contributed by atoms with Crippen molar-refractivity contribution in [3.8, 4) is 16.9 Å². The normalized spacial score (nSPS) is 13.8. The quantitative estimate of drug-likeness (QED) is 0.111. The second-order valence-corrected chi connectivity index (χ2v) is 14.8. The minimum atomic E-state index is -4.80. The number of ether oxygens (including phenoxy) is 2. The van der Waals surface area contributed by atoms with Gasteiger partial charge in [0, 0.05) is 45.3 Å². The molecule has 0 radical (unpaired) electrons. The first-order chi connectivity index (χ1) is 28.5. The van der Waals surface area contributed by atoms with Gasteiger partial charge in [-0.05, 0) is 99.5 Å². The molecule has 0 unspecified atom stereocenters. The summed E-state index contributed by atoms with van der Waals surface area (Å²) < 4.78 is 77.0. The van der Waals surface area contributed by atoms with Crippen molar-refractivity contribution in [2.45, 2.75) is 84.4 Å². The molecule has 1 saturated heterocycles. The maximum Gasteiger partial charge on any atom is 0.573 e. The number of carboxylic acid groups (broad SMARTS) is 1. The van der Waals surface area contributed by atoms with Crippen molar-refractivity contribution >= 4 is 22.8 Å². The first-order valence-corrected chi connectivity index (χ1v) is 19.7. The molecule has 0 spiro atoms. The van der Waals surface area contributed by atoms with Crippen LogP contribution in [-0.4, -0.2) is 80.6 Å². The van der Waals surface area contributed by atoms with E-state index in [4.69, 9.17) is 4.74 Å². The molecule has 10 nitrogen and oxygen atoms in total. The Hall–Kier alpha value is -5.67. The summed E-state index contributed by atoms with van der Waals surface area (Å²) in [5.41, 5.74) is 1.10. The van der Waals surface area contributed by atoms with E-state index in [-0.39, 0.29) is 55.0 Å². The van der Waals surface area contributed by atoms with Crippen LogP contribution in [0.1, 0.15) is 57.5 Å². The zero-order valence-corrected chi connectivity index (χ0v) is 34.0. The number of piperidine rings is 1. The number of likely N-dealkylation sites (tertiary alicyclic amines) is 1. The Bertz CT molecular complexity index is 2290. The molecule has 0 aliphatic carbocycles. The topological polar surface area (TPSA) is 114 Å². The number of aromatic nitrogens is 2. The lowest BCUT2D eigenvalue weighted by Crippen LogP contribution is -2.56. The van der Waals surface area contributed by atoms with Crippen LogP contribution in [0.25, 0.3) is 22.0 Å². The van der Waals surface area contributed by atoms with Crippen molar-refractivity contribution in [1.29, 1.82) is 0 Å². The first-order valence-electron chi connectivity index (χ1n) is 19.7. The van der Waals surface area contributed by atoms with Crippen LogP contribution < -0.4 is 10.3 Å². The number of rotatable bonds is 14. The Morgan fingerprint density at radius 2 is 1.47 bits per heavy atom. The minimum absolute atomic E-state index is 0.0224. The molecule has 1 aromatic heterocycles. The molecule has 1 aliphatic rings. The minimum Gasteiger partial charge on any atom is -0.480 e. The van der Waals surface area contributed by atoms with Crippen LogP contribution in [-0.2, 0) is 40.3 Å². The molecular weight excluding hydrogens is 788 g/mol. The predicted molar refractivity (Wildman–Crippen MR) is 217 cm³/mol. The second kappa shape index (κ2) is 20.1. The average Bonchev–Trinajstić information content (AvgIpc) is 3.22. The number of halogens is 5. The summed E-state index contributed by atoms with van der Waals surface area (Å²) in [7, 11) is 0. The van der Waals surface area contributed by atoms with Crippen LogP contribution in [0.3, 0.4) is 0 Å². The van der Waals surface area contributed by atoms with Crippen LogP contribution in [0.4, 0.5) is 22.0 Å². The van der Waals surface area contributed by atoms with E-state index in [1.807, 2.05) is 30.9 Å². The van der Waals surface area contributed by atoms with Gasteiger partial charge in [0.1, 0.15) is 23.7 Å². The fraction of sp³-hybridized carbons (Fsp3) is 0.378. The van der Waals surface area contributed by atoms with Gasteiger partial charge in [0.2, 0.25) is 5.91 Å². The van der Waals surface area contributed by atoms with Gasteiger partial charge in [-0.15, -0.1) is 13.2 Å². The summed E-state index contributed by atoms with van der Waals surface area (Å²) in [6.07, 6.45) is -3.76. The third-order valence-electron chi connectivity index (χ3n) is 10.6. The van der Waals surface area contributed by atoms with E-state index >= 15 is 0 Å². The van der Waals surface area contributed by atoms with Crippen molar-refractivity contribution in [1.82, 2.24) is 19.4 Å². The van der Waals surface area contributed by atoms with Crippen LogP contribution >= 0.6 is 0 Å². The van der Waals surface area contributed by atoms with Crippen LogP contribution in [0.2, 0.25) is 0 Å². The number of hydrogen-bond donors (Lipinski definition) is 1. The van der Waals surface area contributed by atoms with Gasteiger partial charge in [0.05, 0.1) is 10.9 Å². The molecule has 1 fully saturated rings. The predicted octanol–water partition coefficient (Wildman–Crippen LogP) is 8.42. The summed E-state index contributed by atoms with van der Waals surface area (Å²) in [4.78, 5) is 47.6. The Labute approximate surface area is 345 Å². The van der Waals surface area contributed by atoms with Gasteiger partial charge in [0.25, 0.3) is 5.56 Å². The lowest BCUT2D eigenvalue weighted by molar-refractivity contribution is -0.274. The SMILES string of the molecule is CC(C)(C(=O)O)N1CCC(N(Cc2ccc(-c3ccc(OC(F)(F)F)cc3)cc2)C(=O)Cn2c(CCc3cccc(F)c3F)nc(=O)c3ccccc32)CC1.CCOCC. The number of carbonyl (C=O) groups excluding carboxylic acids is 1. The smallest absolute Gasteiger partial charge is 0.480 e. The van der Waals surface area contributed by atoms with E-state index in [1.54, 1.807) is 59.7 Å². The van der Waals surface area contributed by atoms with E-state index in [0.29, 0.717) is 42.4 Å². The first kappa shape index (κ1) is 45.4. The Morgan fingerprint density at radius 1 is 0.850 bits per heavy atom. The highest BCUT2D eigenvalue weighted by Gasteiger charge is 2.38. The fourth-order valence-electron chi connectivity index (χ4n) is 7.19. The molecule has 0 saturated carbocycles. The van der Waals surface area contributed by atoms with Crippen molar-refractivity contribution in [2.75, 3.05) is 26.3 Å². The van der Waals surface area contributed by atoms with Gasteiger partial charge in [-0.1, -0.05) is 60.7 Å². The highest BCUT2D eigenvalue weighted by molar-refractivity contribution is 5.82. The highest BCUT2D eigenvalue weighted by Crippen LogP contribution is 2.29. The van der Waals surface area contributed by atoms with Crippen molar-refractivity contribution in [3.63, 3.8) is 0 Å². The van der Waals surface area contributed by atoms with Gasteiger partial charge >= 0.3 is 12.3 Å². The van der Waals surface area contributed by atoms with E-state index in [2.05, 4.69) is 9.72 Å². The molecule has 1 N–H and O–H groups in total. The average molecular weight is 837 g/mol. The number of carbonyl (C=O) groups is 2. The number of para-hydroxylation sites is 1. The van der Waals surface area contributed by atoms with Gasteiger partial charge in [-0.3, -0.25) is 19.3 Å². The Kier molecular flexibility index (Phi) is 15.2. The van der Waals surface area contributed by atoms with Gasteiger partial charge in [-0.2, -0.15) is 4.98 Å². The van der Waals surface area contributed by atoms with Crippen molar-refractivity contribution in [2.24, 2.45) is 0 Å². The second-order valence-electron chi connectivity index (χ2n) is 14.8. The lowest BCUT2D eigenvalue weighted by atomic mass is 9.95. The molecule has 1 aliphatic heterocycles. The molecule has 0 atom stereocenters. The number of carboxylic acids is 1. The van der Waals surface area contributed by atoms with E-state index in [9.17, 15) is 41.4 Å². The highest BCUT2D eigenvalue weighted by atomic mass is 19.4. The number of nitrogens with zero attached hydrogens (tertiary/aromatic N) is 4. The van der Waals surface area contributed by atoms with Crippen LogP contribution in [0.15, 0.2) is 95.8 Å². The van der Waals surface area contributed by atoms with Crippen molar-refractivity contribution in [3.05, 3.63) is 130 Å². The number of amides is 1. The standard InChI is InChI=1S/C41H39F5N4O5.C4H10O/c1-40(2,39(53)54)48-22-20-30(21-23-48)49(24-26-10-12-27(13-11-26)28-14-17-31(18-15-28)55-41(44,45)46)36(51)25-50-34-9-4-3-7-32(34)38(52)47-35(50)19-16-29-6-5-8-33(42)37(29)43;1-3-5-4-2/h3-15,17-18,30H,16,19-25H2,1-2H3,(H,53,54);3-4H2,1-2H3. The molecule has 0 bridgehead atoms. The van der Waals surface area contributed by atoms with Gasteiger partial charge in [0.15, 0.2) is 11.6 Å². The maximum atomic E-state index is 14.6. The molecule has 5 aromatic rings. The summed E-state index contributed by atoms with van der Waals surface area (Å²) in [5, 5.41) is 10.1. The molecule has 320 valence electrons. The summed E-state index contributed by atoms with van der Waals surface area (Å²) in [6.45, 7) is 9.76. The molecule has 15 heteroatoms. The summed E-state index contributed by atoms with van der Waals surface area (Å²) >= 11 is 0. The molecule has 60 heavy (non-hydrogen) atoms.